The zero-order chi connectivity index (χ0) is 11.3. The molecule has 1 unspecified atom stereocenters. The molecule has 15 heavy (non-hydrogen) atoms. The largest absolute Gasteiger partial charge is 0.349 e. The number of hydrogen-bond donors (Lipinski definition) is 2. The van der Waals surface area contributed by atoms with Gasteiger partial charge in [-0.25, -0.2) is 0 Å². The van der Waals surface area contributed by atoms with Gasteiger partial charge in [0.25, 0.3) is 5.91 Å². The Bertz CT molecular complexity index is 338. The Morgan fingerprint density at radius 3 is 3.00 bits per heavy atom. The monoisotopic (exact) mass is 207 g/mol. The van der Waals surface area contributed by atoms with Crippen molar-refractivity contribution in [2.24, 2.45) is 5.73 Å². The van der Waals surface area contributed by atoms with Crippen LogP contribution in [0.4, 0.5) is 0 Å². The molecule has 1 amide bonds. The van der Waals surface area contributed by atoms with E-state index in [1.54, 1.807) is 6.20 Å². The van der Waals surface area contributed by atoms with Crippen LogP contribution < -0.4 is 11.1 Å². The molecule has 0 aliphatic rings. The Morgan fingerprint density at radius 2 is 2.40 bits per heavy atom. The van der Waals surface area contributed by atoms with Gasteiger partial charge in [0.15, 0.2) is 0 Å². The zero-order valence-corrected chi connectivity index (χ0v) is 9.16. The molecule has 4 heteroatoms. The van der Waals surface area contributed by atoms with Gasteiger partial charge in [-0.15, -0.1) is 0 Å². The zero-order valence-electron chi connectivity index (χ0n) is 9.16. The molecule has 0 saturated heterocycles. The summed E-state index contributed by atoms with van der Waals surface area (Å²) in [6.07, 6.45) is 2.46. The van der Waals surface area contributed by atoms with E-state index in [9.17, 15) is 4.79 Å². The van der Waals surface area contributed by atoms with Crippen LogP contribution in [0.3, 0.4) is 0 Å². The maximum absolute atomic E-state index is 11.7. The summed E-state index contributed by atoms with van der Waals surface area (Å²) >= 11 is 0. The summed E-state index contributed by atoms with van der Waals surface area (Å²) in [7, 11) is 0. The van der Waals surface area contributed by atoms with E-state index in [1.807, 2.05) is 26.0 Å². The number of carbonyl (C=O) groups excluding carboxylic acids is 1. The predicted molar refractivity (Wildman–Crippen MR) is 59.6 cm³/mol. The molecule has 82 valence electrons. The first-order chi connectivity index (χ1) is 7.15. The Kier molecular flexibility index (Phi) is 4.24. The lowest BCUT2D eigenvalue weighted by Crippen LogP contribution is -2.37. The standard InChI is InChI=1S/C11H17N3O/c1-3-9(12)7-14-11(15)10-8(2)5-4-6-13-10/h4-6,9H,3,7,12H2,1-2H3,(H,14,15). The molecule has 4 nitrogen and oxygen atoms in total. The highest BCUT2D eigenvalue weighted by molar-refractivity contribution is 5.93. The molecule has 3 N–H and O–H groups in total. The summed E-state index contributed by atoms with van der Waals surface area (Å²) < 4.78 is 0. The second-order valence-electron chi connectivity index (χ2n) is 3.55. The summed E-state index contributed by atoms with van der Waals surface area (Å²) in [5.41, 5.74) is 7.05. The second-order valence-corrected chi connectivity index (χ2v) is 3.55. The lowest BCUT2D eigenvalue weighted by atomic mass is 10.2. The predicted octanol–water partition coefficient (Wildman–Crippen LogP) is 0.857. The third-order valence-electron chi connectivity index (χ3n) is 2.27. The van der Waals surface area contributed by atoms with Crippen LogP contribution in [0.15, 0.2) is 18.3 Å². The van der Waals surface area contributed by atoms with E-state index in [-0.39, 0.29) is 11.9 Å². The summed E-state index contributed by atoms with van der Waals surface area (Å²) in [6, 6.07) is 3.68. The fraction of sp³-hybridized carbons (Fsp3) is 0.455. The van der Waals surface area contributed by atoms with Crippen molar-refractivity contribution in [3.63, 3.8) is 0 Å². The van der Waals surface area contributed by atoms with E-state index < -0.39 is 0 Å². The number of carbonyl (C=O) groups is 1. The first kappa shape index (κ1) is 11.7. The summed E-state index contributed by atoms with van der Waals surface area (Å²) in [6.45, 7) is 4.34. The van der Waals surface area contributed by atoms with Crippen LogP contribution in [0, 0.1) is 6.92 Å². The van der Waals surface area contributed by atoms with Gasteiger partial charge in [-0.1, -0.05) is 13.0 Å². The Balaban J connectivity index is 2.58. The molecule has 0 saturated carbocycles. The van der Waals surface area contributed by atoms with Gasteiger partial charge in [-0.05, 0) is 25.0 Å². The van der Waals surface area contributed by atoms with E-state index in [2.05, 4.69) is 10.3 Å². The molecular weight excluding hydrogens is 190 g/mol. The number of rotatable bonds is 4. The average molecular weight is 207 g/mol. The lowest BCUT2D eigenvalue weighted by molar-refractivity contribution is 0.0945. The molecule has 1 aromatic rings. The molecule has 0 aromatic carbocycles. The highest BCUT2D eigenvalue weighted by atomic mass is 16.1. The van der Waals surface area contributed by atoms with Crippen LogP contribution in [-0.2, 0) is 0 Å². The molecule has 0 aliphatic heterocycles. The summed E-state index contributed by atoms with van der Waals surface area (Å²) in [5, 5.41) is 2.76. The van der Waals surface area contributed by atoms with Crippen molar-refractivity contribution in [1.82, 2.24) is 10.3 Å². The van der Waals surface area contributed by atoms with E-state index >= 15 is 0 Å². The number of hydrogen-bond acceptors (Lipinski definition) is 3. The molecular formula is C11H17N3O. The van der Waals surface area contributed by atoms with Crippen LogP contribution >= 0.6 is 0 Å². The van der Waals surface area contributed by atoms with Gasteiger partial charge >= 0.3 is 0 Å². The van der Waals surface area contributed by atoms with Crippen molar-refractivity contribution in [2.45, 2.75) is 26.3 Å². The Hall–Kier alpha value is -1.42. The Morgan fingerprint density at radius 1 is 1.67 bits per heavy atom. The molecule has 0 spiro atoms. The van der Waals surface area contributed by atoms with Crippen LogP contribution in [0.25, 0.3) is 0 Å². The molecule has 0 aliphatic carbocycles. The fourth-order valence-corrected chi connectivity index (χ4v) is 1.18. The van der Waals surface area contributed by atoms with Gasteiger partial charge in [0.1, 0.15) is 5.69 Å². The topological polar surface area (TPSA) is 68.0 Å². The third-order valence-corrected chi connectivity index (χ3v) is 2.27. The van der Waals surface area contributed by atoms with E-state index in [0.717, 1.165) is 12.0 Å². The van der Waals surface area contributed by atoms with Crippen molar-refractivity contribution in [3.05, 3.63) is 29.6 Å². The number of aromatic nitrogens is 1. The minimum Gasteiger partial charge on any atom is -0.349 e. The minimum atomic E-state index is -0.156. The van der Waals surface area contributed by atoms with E-state index in [4.69, 9.17) is 5.73 Å². The number of nitrogens with one attached hydrogen (secondary N) is 1. The van der Waals surface area contributed by atoms with Crippen molar-refractivity contribution < 1.29 is 4.79 Å². The van der Waals surface area contributed by atoms with Gasteiger partial charge < -0.3 is 11.1 Å². The van der Waals surface area contributed by atoms with Crippen molar-refractivity contribution in [1.29, 1.82) is 0 Å². The van der Waals surface area contributed by atoms with Crippen LogP contribution in [0.1, 0.15) is 29.4 Å². The molecule has 0 radical (unpaired) electrons. The van der Waals surface area contributed by atoms with Gasteiger partial charge in [0.05, 0.1) is 0 Å². The second kappa shape index (κ2) is 5.46. The Labute approximate surface area is 89.9 Å². The van der Waals surface area contributed by atoms with Gasteiger partial charge in [-0.2, -0.15) is 0 Å². The highest BCUT2D eigenvalue weighted by Crippen LogP contribution is 2.02. The quantitative estimate of drug-likeness (QED) is 0.769. The van der Waals surface area contributed by atoms with Crippen molar-refractivity contribution >= 4 is 5.91 Å². The number of amides is 1. The molecule has 1 atom stereocenters. The minimum absolute atomic E-state index is 0.0120. The SMILES string of the molecule is CCC(N)CNC(=O)c1ncccc1C. The molecule has 1 rings (SSSR count). The maximum Gasteiger partial charge on any atom is 0.270 e. The van der Waals surface area contributed by atoms with Crippen molar-refractivity contribution in [2.75, 3.05) is 6.54 Å². The number of pyridine rings is 1. The normalized spacial score (nSPS) is 12.2. The van der Waals surface area contributed by atoms with Crippen LogP contribution in [0.5, 0.6) is 0 Å². The summed E-state index contributed by atoms with van der Waals surface area (Å²) in [4.78, 5) is 15.7. The van der Waals surface area contributed by atoms with E-state index in [1.165, 1.54) is 0 Å². The summed E-state index contributed by atoms with van der Waals surface area (Å²) in [5.74, 6) is -0.156. The maximum atomic E-state index is 11.7. The van der Waals surface area contributed by atoms with Gasteiger partial charge in [0, 0.05) is 18.8 Å². The third kappa shape index (κ3) is 3.32. The molecule has 0 bridgehead atoms. The van der Waals surface area contributed by atoms with E-state index in [0.29, 0.717) is 12.2 Å². The molecule has 1 aromatic heterocycles. The molecule has 0 fully saturated rings. The van der Waals surface area contributed by atoms with Gasteiger partial charge in [0.2, 0.25) is 0 Å². The highest BCUT2D eigenvalue weighted by Gasteiger charge is 2.10. The fourth-order valence-electron chi connectivity index (χ4n) is 1.18. The lowest BCUT2D eigenvalue weighted by Gasteiger charge is -2.10. The number of nitrogens with two attached hydrogens (primary N) is 1. The van der Waals surface area contributed by atoms with Crippen LogP contribution in [0.2, 0.25) is 0 Å². The number of aryl methyl sites for hydroxylation is 1. The van der Waals surface area contributed by atoms with Gasteiger partial charge in [-0.3, -0.25) is 9.78 Å². The number of nitrogens with zero attached hydrogens (tertiary/aromatic N) is 1. The van der Waals surface area contributed by atoms with Crippen LogP contribution in [-0.4, -0.2) is 23.5 Å². The smallest absolute Gasteiger partial charge is 0.270 e. The average Bonchev–Trinajstić information content (AvgIpc) is 2.26. The first-order valence-corrected chi connectivity index (χ1v) is 5.10. The van der Waals surface area contributed by atoms with Crippen molar-refractivity contribution in [3.8, 4) is 0 Å². The first-order valence-electron chi connectivity index (χ1n) is 5.10. The molecule has 1 heterocycles.